The van der Waals surface area contributed by atoms with Gasteiger partial charge in [0.25, 0.3) is 0 Å². The van der Waals surface area contributed by atoms with E-state index in [1.54, 1.807) is 4.90 Å². The Hall–Kier alpha value is -2.96. The fourth-order valence-corrected chi connectivity index (χ4v) is 3.58. The van der Waals surface area contributed by atoms with Gasteiger partial charge in [0, 0.05) is 25.7 Å². The van der Waals surface area contributed by atoms with E-state index >= 15 is 0 Å². The van der Waals surface area contributed by atoms with Crippen LogP contribution in [0.25, 0.3) is 0 Å². The molecular weight excluding hydrogens is 366 g/mol. The molecule has 1 fully saturated rings. The fraction of sp³-hybridized carbons (Fsp3) is 0.333. The number of hydrogen-bond donors (Lipinski definition) is 1. The van der Waals surface area contributed by atoms with Crippen molar-refractivity contribution in [2.24, 2.45) is 0 Å². The van der Waals surface area contributed by atoms with E-state index < -0.39 is 12.0 Å². The first-order chi connectivity index (χ1) is 13.4. The Labute approximate surface area is 162 Å². The molecular formula is C21H22F2N2O3. The van der Waals surface area contributed by atoms with Crippen LogP contribution < -0.4 is 10.1 Å². The molecule has 0 aliphatic carbocycles. The molecule has 1 N–H and O–H groups in total. The quantitative estimate of drug-likeness (QED) is 0.848. The number of amides is 2. The van der Waals surface area contributed by atoms with Crippen LogP contribution in [0.4, 0.5) is 14.5 Å². The second-order valence-electron chi connectivity index (χ2n) is 6.81. The zero-order valence-electron chi connectivity index (χ0n) is 15.5. The topological polar surface area (TPSA) is 58.6 Å². The van der Waals surface area contributed by atoms with Crippen LogP contribution in [0.15, 0.2) is 54.6 Å². The smallest absolute Gasteiger partial charge is 0.387 e. The van der Waals surface area contributed by atoms with Gasteiger partial charge in [0.05, 0.1) is 5.41 Å². The number of nitrogens with zero attached hydrogens (tertiary/aromatic N) is 1. The first-order valence-corrected chi connectivity index (χ1v) is 9.08. The number of rotatable bonds is 5. The minimum atomic E-state index is -2.90. The van der Waals surface area contributed by atoms with Crippen LogP contribution in [0.3, 0.4) is 0 Å². The summed E-state index contributed by atoms with van der Waals surface area (Å²) in [4.78, 5) is 26.7. The number of nitrogens with one attached hydrogen (secondary N) is 1. The van der Waals surface area contributed by atoms with Gasteiger partial charge in [-0.3, -0.25) is 9.59 Å². The van der Waals surface area contributed by atoms with Gasteiger partial charge in [-0.25, -0.2) is 0 Å². The average molecular weight is 388 g/mol. The largest absolute Gasteiger partial charge is 0.435 e. The van der Waals surface area contributed by atoms with Gasteiger partial charge in [-0.2, -0.15) is 8.78 Å². The molecule has 0 saturated carbocycles. The molecule has 2 aromatic carbocycles. The number of carbonyl (C=O) groups is 2. The fourth-order valence-electron chi connectivity index (χ4n) is 3.58. The molecule has 1 aliphatic rings. The van der Waals surface area contributed by atoms with Crippen molar-refractivity contribution >= 4 is 17.5 Å². The Bertz CT molecular complexity index is 817. The van der Waals surface area contributed by atoms with Crippen LogP contribution in [0.1, 0.15) is 25.3 Å². The van der Waals surface area contributed by atoms with Crippen LogP contribution in [0.2, 0.25) is 0 Å². The van der Waals surface area contributed by atoms with Crippen molar-refractivity contribution in [2.45, 2.75) is 31.8 Å². The summed E-state index contributed by atoms with van der Waals surface area (Å²) in [6, 6.07) is 15.3. The van der Waals surface area contributed by atoms with Gasteiger partial charge in [-0.05, 0) is 42.7 Å². The van der Waals surface area contributed by atoms with Crippen molar-refractivity contribution in [2.75, 3.05) is 18.4 Å². The van der Waals surface area contributed by atoms with Crippen LogP contribution >= 0.6 is 0 Å². The summed E-state index contributed by atoms with van der Waals surface area (Å²) in [5.41, 5.74) is 0.634. The molecule has 2 amide bonds. The number of likely N-dealkylation sites (tertiary alicyclic amines) is 1. The molecule has 148 valence electrons. The lowest BCUT2D eigenvalue weighted by Crippen LogP contribution is -2.50. The normalized spacial score (nSPS) is 15.9. The van der Waals surface area contributed by atoms with E-state index in [9.17, 15) is 18.4 Å². The van der Waals surface area contributed by atoms with Gasteiger partial charge < -0.3 is 15.0 Å². The first kappa shape index (κ1) is 19.8. The van der Waals surface area contributed by atoms with Crippen molar-refractivity contribution in [1.82, 2.24) is 4.90 Å². The lowest BCUT2D eigenvalue weighted by molar-refractivity contribution is -0.133. The molecule has 7 heteroatoms. The summed E-state index contributed by atoms with van der Waals surface area (Å²) >= 11 is 0. The minimum absolute atomic E-state index is 0.00307. The Morgan fingerprint density at radius 2 is 1.64 bits per heavy atom. The van der Waals surface area contributed by atoms with Gasteiger partial charge in [-0.1, -0.05) is 30.3 Å². The van der Waals surface area contributed by atoms with Gasteiger partial charge >= 0.3 is 6.61 Å². The van der Waals surface area contributed by atoms with Crippen LogP contribution in [0.5, 0.6) is 5.75 Å². The Balaban J connectivity index is 1.81. The maximum Gasteiger partial charge on any atom is 0.387 e. The summed E-state index contributed by atoms with van der Waals surface area (Å²) in [5, 5.41) is 2.89. The highest BCUT2D eigenvalue weighted by Gasteiger charge is 2.43. The summed E-state index contributed by atoms with van der Waals surface area (Å²) in [5.74, 6) is -0.151. The van der Waals surface area contributed by atoms with Crippen LogP contribution in [0, 0.1) is 0 Å². The zero-order chi connectivity index (χ0) is 20.1. The molecule has 5 nitrogen and oxygen atoms in total. The van der Waals surface area contributed by atoms with Crippen molar-refractivity contribution in [3.05, 3.63) is 60.2 Å². The van der Waals surface area contributed by atoms with Crippen LogP contribution in [-0.2, 0) is 15.0 Å². The SMILES string of the molecule is CC(=O)N1CCC(C(=O)Nc2ccc(OC(F)F)cc2)(c2ccccc2)CC1. The Morgan fingerprint density at radius 1 is 1.04 bits per heavy atom. The molecule has 2 aromatic rings. The molecule has 0 atom stereocenters. The number of alkyl halides is 2. The number of hydrogen-bond acceptors (Lipinski definition) is 3. The third-order valence-electron chi connectivity index (χ3n) is 5.16. The molecule has 1 saturated heterocycles. The third kappa shape index (κ3) is 4.30. The lowest BCUT2D eigenvalue weighted by Gasteiger charge is -2.40. The highest BCUT2D eigenvalue weighted by molar-refractivity contribution is 5.99. The predicted molar refractivity (Wildman–Crippen MR) is 101 cm³/mol. The van der Waals surface area contributed by atoms with E-state index in [0.29, 0.717) is 31.6 Å². The molecule has 0 unspecified atom stereocenters. The molecule has 1 aliphatic heterocycles. The van der Waals surface area contributed by atoms with E-state index in [-0.39, 0.29) is 17.6 Å². The molecule has 1 heterocycles. The van der Waals surface area contributed by atoms with Crippen molar-refractivity contribution in [3.63, 3.8) is 0 Å². The monoisotopic (exact) mass is 388 g/mol. The van der Waals surface area contributed by atoms with Crippen molar-refractivity contribution in [3.8, 4) is 5.75 Å². The number of carbonyl (C=O) groups excluding carboxylic acids is 2. The van der Waals surface area contributed by atoms with E-state index in [1.807, 2.05) is 30.3 Å². The van der Waals surface area contributed by atoms with E-state index in [0.717, 1.165) is 5.56 Å². The molecule has 3 rings (SSSR count). The zero-order valence-corrected chi connectivity index (χ0v) is 15.5. The van der Waals surface area contributed by atoms with E-state index in [2.05, 4.69) is 10.1 Å². The molecule has 28 heavy (non-hydrogen) atoms. The van der Waals surface area contributed by atoms with Crippen molar-refractivity contribution in [1.29, 1.82) is 0 Å². The average Bonchev–Trinajstić information content (AvgIpc) is 2.69. The lowest BCUT2D eigenvalue weighted by atomic mass is 9.72. The standard InChI is InChI=1S/C21H22F2N2O3/c1-15(26)25-13-11-21(12-14-25,16-5-3-2-4-6-16)19(27)24-17-7-9-18(10-8-17)28-20(22)23/h2-10,20H,11-14H2,1H3,(H,24,27). The Kier molecular flexibility index (Phi) is 5.92. The van der Waals surface area contributed by atoms with E-state index in [4.69, 9.17) is 0 Å². The predicted octanol–water partition coefficient (Wildman–Crippen LogP) is 3.81. The van der Waals surface area contributed by atoms with E-state index in [1.165, 1.54) is 31.2 Å². The maximum atomic E-state index is 13.3. The van der Waals surface area contributed by atoms with Crippen LogP contribution in [-0.4, -0.2) is 36.4 Å². The number of halogens is 2. The van der Waals surface area contributed by atoms with Gasteiger partial charge in [-0.15, -0.1) is 0 Å². The van der Waals surface area contributed by atoms with Crippen molar-refractivity contribution < 1.29 is 23.1 Å². The summed E-state index contributed by atoms with van der Waals surface area (Å²) in [6.07, 6.45) is 1.02. The molecule has 0 bridgehead atoms. The molecule has 0 aromatic heterocycles. The summed E-state index contributed by atoms with van der Waals surface area (Å²) in [6.45, 7) is -0.371. The Morgan fingerprint density at radius 3 is 2.18 bits per heavy atom. The molecule has 0 spiro atoms. The number of anilines is 1. The molecule has 0 radical (unpaired) electrons. The van der Waals surface area contributed by atoms with Gasteiger partial charge in [0.1, 0.15) is 5.75 Å². The number of piperidine rings is 1. The number of ether oxygens (including phenoxy) is 1. The highest BCUT2D eigenvalue weighted by Crippen LogP contribution is 2.37. The second-order valence-corrected chi connectivity index (χ2v) is 6.81. The summed E-state index contributed by atoms with van der Waals surface area (Å²) in [7, 11) is 0. The maximum absolute atomic E-state index is 13.3. The summed E-state index contributed by atoms with van der Waals surface area (Å²) < 4.78 is 28.9. The first-order valence-electron chi connectivity index (χ1n) is 9.08. The van der Waals surface area contributed by atoms with Gasteiger partial charge in [0.15, 0.2) is 0 Å². The van der Waals surface area contributed by atoms with Gasteiger partial charge in [0.2, 0.25) is 11.8 Å². The highest BCUT2D eigenvalue weighted by atomic mass is 19.3. The number of benzene rings is 2. The second kappa shape index (κ2) is 8.37. The third-order valence-corrected chi connectivity index (χ3v) is 5.16. The minimum Gasteiger partial charge on any atom is -0.435 e.